The molecule has 0 aromatic rings. The van der Waals surface area contributed by atoms with Gasteiger partial charge < -0.3 is 15.4 Å². The molecule has 0 bridgehead atoms. The monoisotopic (exact) mass is 170 g/mol. The lowest BCUT2D eigenvalue weighted by Crippen LogP contribution is -2.39. The smallest absolute Gasteiger partial charge is 0.411 e. The summed E-state index contributed by atoms with van der Waals surface area (Å²) in [5.74, 6) is 0.823. The fraction of sp³-hybridized carbons (Fsp3) is 0.500. The molecule has 0 spiro atoms. The third-order valence-corrected chi connectivity index (χ3v) is 1.96. The Morgan fingerprint density at radius 1 is 1.58 bits per heavy atom. The molecule has 66 valence electrons. The normalized spacial score (nSPS) is 21.5. The Labute approximate surface area is 69.4 Å². The van der Waals surface area contributed by atoms with Crippen LogP contribution in [0.4, 0.5) is 4.79 Å². The average Bonchev–Trinajstić information content (AvgIpc) is 2.49. The van der Waals surface area contributed by atoms with E-state index in [2.05, 4.69) is 10.9 Å². The number of hydrazine groups is 1. The summed E-state index contributed by atoms with van der Waals surface area (Å²) in [6, 6.07) is 0. The van der Waals surface area contributed by atoms with E-state index >= 15 is 0 Å². The van der Waals surface area contributed by atoms with E-state index in [4.69, 9.17) is 5.11 Å². The Bertz CT molecular complexity index is 240. The van der Waals surface area contributed by atoms with Crippen LogP contribution in [-0.2, 0) is 0 Å². The zero-order valence-corrected chi connectivity index (χ0v) is 6.45. The van der Waals surface area contributed by atoms with E-state index in [1.165, 1.54) is 4.90 Å². The number of nitrogens with one attached hydrogen (secondary N) is 2. The van der Waals surface area contributed by atoms with Crippen LogP contribution in [0.3, 0.4) is 0 Å². The quantitative estimate of drug-likeness (QED) is 0.441. The van der Waals surface area contributed by atoms with Crippen LogP contribution in [0.2, 0.25) is 0 Å². The highest BCUT2D eigenvalue weighted by Gasteiger charge is 2.24. The van der Waals surface area contributed by atoms with E-state index in [0.29, 0.717) is 6.54 Å². The van der Waals surface area contributed by atoms with Crippen LogP contribution in [0, 0.1) is 0 Å². The molecule has 0 radical (unpaired) electrons. The van der Waals surface area contributed by atoms with Gasteiger partial charge in [-0.3, -0.25) is 4.90 Å². The summed E-state index contributed by atoms with van der Waals surface area (Å²) in [5.41, 5.74) is 5.79. The van der Waals surface area contributed by atoms with Crippen LogP contribution in [0.15, 0.2) is 12.0 Å². The van der Waals surface area contributed by atoms with Crippen molar-refractivity contribution in [3.63, 3.8) is 0 Å². The molecule has 12 heavy (non-hydrogen) atoms. The van der Waals surface area contributed by atoms with Crippen molar-refractivity contribution in [3.05, 3.63) is 12.0 Å². The summed E-state index contributed by atoms with van der Waals surface area (Å²) in [6.45, 7) is 2.00. The predicted molar refractivity (Wildman–Crippen MR) is 40.7 cm³/mol. The van der Waals surface area contributed by atoms with Crippen LogP contribution in [-0.4, -0.2) is 40.8 Å². The molecule has 2 rings (SSSR count). The van der Waals surface area contributed by atoms with Gasteiger partial charge in [-0.1, -0.05) is 0 Å². The first kappa shape index (κ1) is 7.23. The predicted octanol–water partition coefficient (Wildman–Crippen LogP) is -0.854. The summed E-state index contributed by atoms with van der Waals surface area (Å²) in [6.07, 6.45) is 0.682. The number of hydrogen-bond donors (Lipinski definition) is 3. The topological polar surface area (TPSA) is 67.8 Å². The molecule has 1 fully saturated rings. The summed E-state index contributed by atoms with van der Waals surface area (Å²) >= 11 is 0. The van der Waals surface area contributed by atoms with Crippen LogP contribution >= 0.6 is 0 Å². The summed E-state index contributed by atoms with van der Waals surface area (Å²) in [4.78, 5) is 13.9. The molecule has 0 saturated carbocycles. The minimum Gasteiger partial charge on any atom is -0.465 e. The molecule has 0 unspecified atom stereocenters. The van der Waals surface area contributed by atoms with Crippen LogP contribution in [0.25, 0.3) is 0 Å². The molecule has 0 aromatic heterocycles. The van der Waals surface area contributed by atoms with Crippen LogP contribution in [0.1, 0.15) is 0 Å². The average molecular weight is 170 g/mol. The van der Waals surface area contributed by atoms with Gasteiger partial charge in [0.25, 0.3) is 0 Å². The van der Waals surface area contributed by atoms with Crippen molar-refractivity contribution >= 4 is 6.09 Å². The molecule has 1 saturated heterocycles. The fourth-order valence-electron chi connectivity index (χ4n) is 1.29. The van der Waals surface area contributed by atoms with E-state index in [-0.39, 0.29) is 0 Å². The lowest BCUT2D eigenvalue weighted by atomic mass is 10.4. The Morgan fingerprint density at radius 3 is 3.17 bits per heavy atom. The molecule has 1 amide bonds. The van der Waals surface area contributed by atoms with Crippen molar-refractivity contribution in [2.24, 2.45) is 0 Å². The first-order valence-electron chi connectivity index (χ1n) is 3.72. The highest BCUT2D eigenvalue weighted by Crippen LogP contribution is 2.11. The first-order chi connectivity index (χ1) is 5.77. The minimum atomic E-state index is -0.907. The van der Waals surface area contributed by atoms with Crippen LogP contribution < -0.4 is 10.9 Å². The number of carbonyl (C=O) groups is 1. The molecule has 3 N–H and O–H groups in total. The van der Waals surface area contributed by atoms with Crippen molar-refractivity contribution in [1.82, 2.24) is 20.7 Å². The number of hydrogen-bond acceptors (Lipinski definition) is 4. The van der Waals surface area contributed by atoms with Gasteiger partial charge in [0.05, 0.1) is 12.9 Å². The van der Waals surface area contributed by atoms with E-state index in [9.17, 15) is 4.79 Å². The number of nitrogens with zero attached hydrogens (tertiary/aromatic N) is 2. The van der Waals surface area contributed by atoms with E-state index in [1.54, 1.807) is 6.20 Å². The first-order valence-corrected chi connectivity index (χ1v) is 3.72. The maximum absolute atomic E-state index is 10.6. The lowest BCUT2D eigenvalue weighted by Gasteiger charge is -2.27. The Morgan fingerprint density at radius 2 is 2.42 bits per heavy atom. The Hall–Kier alpha value is -1.43. The molecule has 2 aliphatic rings. The van der Waals surface area contributed by atoms with E-state index < -0.39 is 6.09 Å². The number of rotatable bonds is 0. The zero-order valence-electron chi connectivity index (χ0n) is 6.45. The number of carboxylic acid groups (broad SMARTS) is 1. The molecular weight excluding hydrogens is 160 g/mol. The van der Waals surface area contributed by atoms with Gasteiger partial charge in [0.15, 0.2) is 0 Å². The summed E-state index contributed by atoms with van der Waals surface area (Å²) in [5, 5.41) is 8.67. The van der Waals surface area contributed by atoms with E-state index in [1.807, 2.05) is 4.90 Å². The second kappa shape index (κ2) is 2.56. The SMILES string of the molecule is O=C(O)N1C=C2NNCN2CC1. The number of fused-ring (bicyclic) bond motifs is 1. The van der Waals surface area contributed by atoms with Gasteiger partial charge in [0, 0.05) is 13.1 Å². The molecule has 0 aliphatic carbocycles. The largest absolute Gasteiger partial charge is 0.465 e. The van der Waals surface area contributed by atoms with Gasteiger partial charge in [0.2, 0.25) is 0 Å². The standard InChI is InChI=1S/C6H10N4O2/c11-6(12)9-1-2-10-4-7-8-5(10)3-9/h3,7-8H,1-2,4H2,(H,11,12). The molecular formula is C6H10N4O2. The van der Waals surface area contributed by atoms with Gasteiger partial charge in [0.1, 0.15) is 5.82 Å². The molecule has 6 heteroatoms. The lowest BCUT2D eigenvalue weighted by molar-refractivity contribution is 0.152. The van der Waals surface area contributed by atoms with E-state index in [0.717, 1.165) is 19.0 Å². The Kier molecular flexibility index (Phi) is 1.54. The van der Waals surface area contributed by atoms with Gasteiger partial charge in [-0.15, -0.1) is 0 Å². The minimum absolute atomic E-state index is 0.530. The van der Waals surface area contributed by atoms with Crippen molar-refractivity contribution in [3.8, 4) is 0 Å². The fourth-order valence-corrected chi connectivity index (χ4v) is 1.29. The third kappa shape index (κ3) is 1.06. The highest BCUT2D eigenvalue weighted by atomic mass is 16.4. The van der Waals surface area contributed by atoms with Gasteiger partial charge in [-0.2, -0.15) is 0 Å². The zero-order chi connectivity index (χ0) is 8.55. The van der Waals surface area contributed by atoms with Crippen molar-refractivity contribution < 1.29 is 9.90 Å². The van der Waals surface area contributed by atoms with Gasteiger partial charge in [-0.05, 0) is 0 Å². The van der Waals surface area contributed by atoms with Crippen molar-refractivity contribution in [1.29, 1.82) is 0 Å². The Balaban J connectivity index is 2.14. The molecule has 0 atom stereocenters. The summed E-state index contributed by atoms with van der Waals surface area (Å²) in [7, 11) is 0. The van der Waals surface area contributed by atoms with Gasteiger partial charge in [-0.25, -0.2) is 10.2 Å². The molecule has 2 heterocycles. The van der Waals surface area contributed by atoms with Crippen LogP contribution in [0.5, 0.6) is 0 Å². The molecule has 2 aliphatic heterocycles. The van der Waals surface area contributed by atoms with Crippen molar-refractivity contribution in [2.75, 3.05) is 19.8 Å². The number of amides is 1. The maximum atomic E-state index is 10.6. The highest BCUT2D eigenvalue weighted by molar-refractivity contribution is 5.66. The summed E-state index contributed by atoms with van der Waals surface area (Å²) < 4.78 is 0. The third-order valence-electron chi connectivity index (χ3n) is 1.96. The van der Waals surface area contributed by atoms with Crippen molar-refractivity contribution in [2.45, 2.75) is 0 Å². The molecule has 0 aromatic carbocycles. The molecule has 6 nitrogen and oxygen atoms in total. The van der Waals surface area contributed by atoms with Gasteiger partial charge >= 0.3 is 6.09 Å². The second-order valence-corrected chi connectivity index (χ2v) is 2.71. The maximum Gasteiger partial charge on any atom is 0.411 e. The second-order valence-electron chi connectivity index (χ2n) is 2.71.